The van der Waals surface area contributed by atoms with E-state index in [4.69, 9.17) is 11.6 Å². The molecule has 2 unspecified atom stereocenters. The van der Waals surface area contributed by atoms with Crippen LogP contribution in [0.25, 0.3) is 0 Å². The van der Waals surface area contributed by atoms with Gasteiger partial charge in [-0.2, -0.15) is 12.7 Å². The van der Waals surface area contributed by atoms with Gasteiger partial charge in [-0.1, -0.05) is 49.2 Å². The van der Waals surface area contributed by atoms with Crippen LogP contribution in [0, 0.1) is 19.8 Å². The molecule has 33 heavy (non-hydrogen) atoms. The smallest absolute Gasteiger partial charge is 0.283 e. The van der Waals surface area contributed by atoms with Gasteiger partial charge in [0.15, 0.2) is 0 Å². The number of hydrogen-bond donors (Lipinski definition) is 0. The highest BCUT2D eigenvalue weighted by molar-refractivity contribution is 7.90. The predicted molar refractivity (Wildman–Crippen MR) is 132 cm³/mol. The Balaban J connectivity index is 2.04. The van der Waals surface area contributed by atoms with Crippen molar-refractivity contribution < 1.29 is 16.8 Å². The SMILES string of the molecule is Cc1ccc(S(=O)(=O)N=C(CCl)N2C(C)CN(S(=O)(=O)c3ccc(C)cc3)C2C(C)C)cc1. The number of rotatable bonds is 6. The third-order valence-corrected chi connectivity index (χ3v) is 9.09. The highest BCUT2D eigenvalue weighted by Crippen LogP contribution is 2.33. The third kappa shape index (κ3) is 5.26. The molecule has 2 atom stereocenters. The van der Waals surface area contributed by atoms with Crippen molar-refractivity contribution in [3.05, 3.63) is 59.7 Å². The van der Waals surface area contributed by atoms with Crippen molar-refractivity contribution in [3.8, 4) is 0 Å². The molecule has 1 aliphatic rings. The van der Waals surface area contributed by atoms with Crippen LogP contribution in [0.5, 0.6) is 0 Å². The second-order valence-corrected chi connectivity index (χ2v) is 12.5. The molecule has 1 heterocycles. The Morgan fingerprint density at radius 2 is 1.45 bits per heavy atom. The van der Waals surface area contributed by atoms with Gasteiger partial charge in [0, 0.05) is 12.6 Å². The summed E-state index contributed by atoms with van der Waals surface area (Å²) in [5, 5.41) is 0. The highest BCUT2D eigenvalue weighted by atomic mass is 35.5. The van der Waals surface area contributed by atoms with Gasteiger partial charge < -0.3 is 4.90 Å². The molecule has 2 aromatic carbocycles. The minimum atomic E-state index is -4.01. The van der Waals surface area contributed by atoms with Crippen molar-refractivity contribution >= 4 is 37.5 Å². The first kappa shape index (κ1) is 25.7. The predicted octanol–water partition coefficient (Wildman–Crippen LogP) is 4.01. The molecule has 0 saturated carbocycles. The van der Waals surface area contributed by atoms with E-state index in [1.54, 1.807) is 41.3 Å². The number of sulfonamides is 2. The summed E-state index contributed by atoms with van der Waals surface area (Å²) in [7, 11) is -7.83. The fourth-order valence-corrected chi connectivity index (χ4v) is 7.13. The molecule has 0 N–H and O–H groups in total. The monoisotopic (exact) mass is 511 g/mol. The van der Waals surface area contributed by atoms with Crippen LogP contribution >= 0.6 is 11.6 Å². The maximum absolute atomic E-state index is 13.5. The average Bonchev–Trinajstić information content (AvgIpc) is 3.11. The lowest BCUT2D eigenvalue weighted by molar-refractivity contribution is 0.198. The number of aryl methyl sites for hydroxylation is 2. The number of alkyl halides is 1. The fraction of sp³-hybridized carbons (Fsp3) is 0.435. The topological polar surface area (TPSA) is 87.1 Å². The molecule has 3 rings (SSSR count). The van der Waals surface area contributed by atoms with Crippen LogP contribution in [0.4, 0.5) is 0 Å². The Morgan fingerprint density at radius 3 is 1.91 bits per heavy atom. The zero-order valence-corrected chi connectivity index (χ0v) is 21.8. The van der Waals surface area contributed by atoms with Crippen LogP contribution in [-0.2, 0) is 20.0 Å². The molecule has 0 amide bonds. The zero-order valence-electron chi connectivity index (χ0n) is 19.4. The van der Waals surface area contributed by atoms with Crippen LogP contribution in [-0.4, -0.2) is 56.5 Å². The van der Waals surface area contributed by atoms with Crippen LogP contribution in [0.1, 0.15) is 31.9 Å². The molecule has 1 saturated heterocycles. The lowest BCUT2D eigenvalue weighted by atomic mass is 10.1. The summed E-state index contributed by atoms with van der Waals surface area (Å²) in [4.78, 5) is 1.99. The van der Waals surface area contributed by atoms with Gasteiger partial charge >= 0.3 is 0 Å². The Hall–Kier alpha value is -1.94. The number of hydrogen-bond acceptors (Lipinski definition) is 4. The Bertz CT molecular complexity index is 1230. The van der Waals surface area contributed by atoms with Gasteiger partial charge in [0.2, 0.25) is 10.0 Å². The second-order valence-electron chi connectivity index (χ2n) is 8.73. The molecule has 0 spiro atoms. The van der Waals surface area contributed by atoms with Crippen molar-refractivity contribution in [2.24, 2.45) is 10.3 Å². The summed E-state index contributed by atoms with van der Waals surface area (Å²) < 4.78 is 58.5. The van der Waals surface area contributed by atoms with E-state index in [9.17, 15) is 16.8 Å². The van der Waals surface area contributed by atoms with E-state index in [0.29, 0.717) is 0 Å². The van der Waals surface area contributed by atoms with E-state index in [2.05, 4.69) is 4.40 Å². The van der Waals surface area contributed by atoms with E-state index in [1.165, 1.54) is 16.4 Å². The number of halogens is 1. The first-order chi connectivity index (χ1) is 15.4. The number of benzene rings is 2. The van der Waals surface area contributed by atoms with Crippen molar-refractivity contribution in [2.45, 2.75) is 56.6 Å². The Kier molecular flexibility index (Phi) is 7.58. The standard InChI is InChI=1S/C23H30ClN3O4S2/c1-16(2)23-26(33(30,31)21-12-8-18(4)9-13-21)15-19(5)27(23)22(14-24)25-32(28,29)20-10-6-17(3)7-11-20/h6-13,16,19,23H,14-15H2,1-5H3. The van der Waals surface area contributed by atoms with Crippen LogP contribution < -0.4 is 0 Å². The highest BCUT2D eigenvalue weighted by Gasteiger charge is 2.46. The van der Waals surface area contributed by atoms with Gasteiger partial charge in [0.25, 0.3) is 10.0 Å². The maximum Gasteiger partial charge on any atom is 0.283 e. The van der Waals surface area contributed by atoms with Gasteiger partial charge in [-0.05, 0) is 51.0 Å². The van der Waals surface area contributed by atoms with Gasteiger partial charge in [0.1, 0.15) is 12.0 Å². The lowest BCUT2D eigenvalue weighted by Gasteiger charge is -2.35. The van der Waals surface area contributed by atoms with Crippen LogP contribution in [0.3, 0.4) is 0 Å². The summed E-state index contributed by atoms with van der Waals surface area (Å²) in [5.74, 6) is -0.187. The van der Waals surface area contributed by atoms with Gasteiger partial charge in [-0.3, -0.25) is 0 Å². The van der Waals surface area contributed by atoms with Crippen LogP contribution in [0.2, 0.25) is 0 Å². The molecule has 7 nitrogen and oxygen atoms in total. The number of amidine groups is 1. The van der Waals surface area contributed by atoms with Gasteiger partial charge in [-0.25, -0.2) is 8.42 Å². The van der Waals surface area contributed by atoms with E-state index >= 15 is 0 Å². The molecule has 1 fully saturated rings. The minimum absolute atomic E-state index is 0.0628. The largest absolute Gasteiger partial charge is 0.337 e. The quantitative estimate of drug-likeness (QED) is 0.332. The fourth-order valence-electron chi connectivity index (χ4n) is 4.04. The summed E-state index contributed by atoms with van der Waals surface area (Å²) in [6.07, 6.45) is -0.628. The molecule has 1 aliphatic heterocycles. The Labute approximate surface area is 202 Å². The Morgan fingerprint density at radius 1 is 0.970 bits per heavy atom. The van der Waals surface area contributed by atoms with Gasteiger partial charge in [-0.15, -0.1) is 16.0 Å². The number of nitrogens with zero attached hydrogens (tertiary/aromatic N) is 3. The molecule has 0 radical (unpaired) electrons. The molecular weight excluding hydrogens is 482 g/mol. The third-order valence-electron chi connectivity index (χ3n) is 5.68. The molecule has 180 valence electrons. The van der Waals surface area contributed by atoms with E-state index in [-0.39, 0.29) is 40.0 Å². The zero-order chi connectivity index (χ0) is 24.6. The van der Waals surface area contributed by atoms with E-state index in [0.717, 1.165) is 11.1 Å². The van der Waals surface area contributed by atoms with Crippen molar-refractivity contribution in [3.63, 3.8) is 0 Å². The molecule has 0 aliphatic carbocycles. The molecule has 0 aromatic heterocycles. The van der Waals surface area contributed by atoms with Crippen molar-refractivity contribution in [1.82, 2.24) is 9.21 Å². The summed E-state index contributed by atoms with van der Waals surface area (Å²) >= 11 is 6.19. The normalized spacial score (nSPS) is 20.6. The lowest BCUT2D eigenvalue weighted by Crippen LogP contribution is -2.49. The first-order valence-electron chi connectivity index (χ1n) is 10.7. The van der Waals surface area contributed by atoms with Crippen LogP contribution in [0.15, 0.2) is 62.7 Å². The maximum atomic E-state index is 13.5. The second kappa shape index (κ2) is 9.74. The van der Waals surface area contributed by atoms with E-state index < -0.39 is 26.2 Å². The van der Waals surface area contributed by atoms with Gasteiger partial charge in [0.05, 0.1) is 15.7 Å². The van der Waals surface area contributed by atoms with E-state index in [1.807, 2.05) is 34.6 Å². The molecule has 0 bridgehead atoms. The summed E-state index contributed by atoms with van der Waals surface area (Å²) in [6, 6.07) is 12.8. The molecule has 10 heteroatoms. The molecular formula is C23H30ClN3O4S2. The van der Waals surface area contributed by atoms with Crippen molar-refractivity contribution in [2.75, 3.05) is 12.4 Å². The summed E-state index contributed by atoms with van der Waals surface area (Å²) in [5.41, 5.74) is 1.89. The average molecular weight is 512 g/mol. The first-order valence-corrected chi connectivity index (χ1v) is 14.1. The minimum Gasteiger partial charge on any atom is -0.337 e. The molecule has 2 aromatic rings. The summed E-state index contributed by atoms with van der Waals surface area (Å²) in [6.45, 7) is 9.60. The van der Waals surface area contributed by atoms with Crippen molar-refractivity contribution in [1.29, 1.82) is 0 Å².